The summed E-state index contributed by atoms with van der Waals surface area (Å²) in [4.78, 5) is 6.91. The highest BCUT2D eigenvalue weighted by Gasteiger charge is 2.08. The van der Waals surface area contributed by atoms with E-state index in [-0.39, 0.29) is 24.0 Å². The summed E-state index contributed by atoms with van der Waals surface area (Å²) in [6, 6.07) is 12.6. The first-order chi connectivity index (χ1) is 11.6. The van der Waals surface area contributed by atoms with Gasteiger partial charge in [-0.2, -0.15) is 0 Å². The van der Waals surface area contributed by atoms with Gasteiger partial charge in [0.2, 0.25) is 0 Å². The van der Waals surface area contributed by atoms with E-state index < -0.39 is 0 Å². The number of ether oxygens (including phenoxy) is 1. The number of hydrogen-bond acceptors (Lipinski definition) is 2. The molecule has 0 spiro atoms. The van der Waals surface area contributed by atoms with Crippen LogP contribution >= 0.6 is 24.0 Å². The first-order valence-electron chi connectivity index (χ1n) is 8.30. The second kappa shape index (κ2) is 11.1. The van der Waals surface area contributed by atoms with Crippen LogP contribution in [-0.2, 0) is 31.5 Å². The second-order valence-corrected chi connectivity index (χ2v) is 5.89. The van der Waals surface area contributed by atoms with Gasteiger partial charge in [-0.3, -0.25) is 0 Å². The van der Waals surface area contributed by atoms with Crippen molar-refractivity contribution < 1.29 is 4.74 Å². The maximum atomic E-state index is 5.14. The Bertz CT molecular complexity index is 652. The van der Waals surface area contributed by atoms with E-state index in [0.717, 1.165) is 19.0 Å². The maximum Gasteiger partial charge on any atom is 0.194 e. The number of halogens is 1. The van der Waals surface area contributed by atoms with E-state index in [9.17, 15) is 0 Å². The SMILES string of the molecule is CCNC(=NCc1ccc(COC)cc1)N(C)Cc1cccn1C.I. The molecule has 2 aromatic rings. The summed E-state index contributed by atoms with van der Waals surface area (Å²) in [5.41, 5.74) is 3.63. The molecule has 0 atom stereocenters. The number of guanidine groups is 1. The minimum absolute atomic E-state index is 0. The van der Waals surface area contributed by atoms with Crippen molar-refractivity contribution in [2.45, 2.75) is 26.6 Å². The normalized spacial score (nSPS) is 11.1. The van der Waals surface area contributed by atoms with E-state index in [1.165, 1.54) is 16.8 Å². The summed E-state index contributed by atoms with van der Waals surface area (Å²) in [6.45, 7) is 5.06. The highest BCUT2D eigenvalue weighted by molar-refractivity contribution is 14.0. The van der Waals surface area contributed by atoms with E-state index in [2.05, 4.69) is 78.4 Å². The van der Waals surface area contributed by atoms with Crippen molar-refractivity contribution in [1.29, 1.82) is 0 Å². The van der Waals surface area contributed by atoms with Gasteiger partial charge in [0.15, 0.2) is 5.96 Å². The standard InChI is InChI=1S/C19H28N4O.HI/c1-5-20-19(23(3)14-18-7-6-12-22(18)2)21-13-16-8-10-17(11-9-16)15-24-4;/h6-12H,5,13-15H2,1-4H3,(H,20,21);1H. The lowest BCUT2D eigenvalue weighted by atomic mass is 10.1. The molecule has 0 saturated carbocycles. The number of methoxy groups -OCH3 is 1. The number of nitrogens with one attached hydrogen (secondary N) is 1. The Labute approximate surface area is 168 Å². The van der Waals surface area contributed by atoms with Crippen LogP contribution in [0.4, 0.5) is 0 Å². The van der Waals surface area contributed by atoms with Crippen LogP contribution in [0.2, 0.25) is 0 Å². The fourth-order valence-corrected chi connectivity index (χ4v) is 2.52. The third-order valence-electron chi connectivity index (χ3n) is 3.89. The van der Waals surface area contributed by atoms with E-state index in [1.807, 2.05) is 0 Å². The Kier molecular flexibility index (Phi) is 9.59. The largest absolute Gasteiger partial charge is 0.380 e. The minimum atomic E-state index is 0. The van der Waals surface area contributed by atoms with Crippen LogP contribution in [-0.4, -0.2) is 36.1 Å². The number of hydrogen-bond donors (Lipinski definition) is 1. The summed E-state index contributed by atoms with van der Waals surface area (Å²) in [5.74, 6) is 0.916. The van der Waals surface area contributed by atoms with E-state index in [4.69, 9.17) is 9.73 Å². The number of aromatic nitrogens is 1. The second-order valence-electron chi connectivity index (χ2n) is 5.89. The summed E-state index contributed by atoms with van der Waals surface area (Å²) in [6.07, 6.45) is 2.06. The van der Waals surface area contributed by atoms with Crippen molar-refractivity contribution in [1.82, 2.24) is 14.8 Å². The van der Waals surface area contributed by atoms with Gasteiger partial charge < -0.3 is 19.5 Å². The average molecular weight is 456 g/mol. The van der Waals surface area contributed by atoms with E-state index in [1.54, 1.807) is 7.11 Å². The highest BCUT2D eigenvalue weighted by Crippen LogP contribution is 2.08. The van der Waals surface area contributed by atoms with Crippen LogP contribution in [0.25, 0.3) is 0 Å². The molecular formula is C19H29IN4O. The van der Waals surface area contributed by atoms with Crippen LogP contribution in [0.5, 0.6) is 0 Å². The van der Waals surface area contributed by atoms with Crippen LogP contribution < -0.4 is 5.32 Å². The molecule has 0 aliphatic carbocycles. The molecule has 2 rings (SSSR count). The van der Waals surface area contributed by atoms with Crippen molar-refractivity contribution >= 4 is 29.9 Å². The molecule has 138 valence electrons. The summed E-state index contributed by atoms with van der Waals surface area (Å²) in [5, 5.41) is 3.36. The Hall–Kier alpha value is -1.54. The molecule has 25 heavy (non-hydrogen) atoms. The van der Waals surface area contributed by atoms with Gasteiger partial charge in [0, 0.05) is 39.6 Å². The molecule has 0 bridgehead atoms. The van der Waals surface area contributed by atoms with Gasteiger partial charge in [-0.15, -0.1) is 24.0 Å². The Morgan fingerprint density at radius 3 is 2.44 bits per heavy atom. The van der Waals surface area contributed by atoms with Crippen LogP contribution in [0.3, 0.4) is 0 Å². The minimum Gasteiger partial charge on any atom is -0.380 e. The topological polar surface area (TPSA) is 41.8 Å². The van der Waals surface area contributed by atoms with Crippen molar-refractivity contribution in [2.24, 2.45) is 12.0 Å². The number of benzene rings is 1. The third kappa shape index (κ3) is 6.70. The smallest absolute Gasteiger partial charge is 0.194 e. The molecule has 0 amide bonds. The van der Waals surface area contributed by atoms with Gasteiger partial charge in [-0.05, 0) is 30.2 Å². The Balaban J connectivity index is 0.00000312. The summed E-state index contributed by atoms with van der Waals surface area (Å²) < 4.78 is 7.28. The zero-order valence-electron chi connectivity index (χ0n) is 15.5. The van der Waals surface area contributed by atoms with Crippen LogP contribution in [0, 0.1) is 0 Å². The summed E-state index contributed by atoms with van der Waals surface area (Å²) in [7, 11) is 5.84. The molecule has 0 unspecified atom stereocenters. The Morgan fingerprint density at radius 2 is 1.88 bits per heavy atom. The lowest BCUT2D eigenvalue weighted by molar-refractivity contribution is 0.185. The molecule has 0 radical (unpaired) electrons. The first kappa shape index (κ1) is 21.5. The quantitative estimate of drug-likeness (QED) is 0.395. The number of aryl methyl sites for hydroxylation is 1. The molecule has 0 aliphatic rings. The van der Waals surface area contributed by atoms with Gasteiger partial charge in [0.1, 0.15) is 0 Å². The van der Waals surface area contributed by atoms with E-state index >= 15 is 0 Å². The molecule has 5 nitrogen and oxygen atoms in total. The predicted molar refractivity (Wildman–Crippen MR) is 114 cm³/mol. The summed E-state index contributed by atoms with van der Waals surface area (Å²) >= 11 is 0. The number of nitrogens with zero attached hydrogens (tertiary/aromatic N) is 3. The van der Waals surface area contributed by atoms with Crippen LogP contribution in [0.1, 0.15) is 23.7 Å². The molecule has 0 saturated heterocycles. The molecule has 0 aliphatic heterocycles. The van der Waals surface area contributed by atoms with Crippen molar-refractivity contribution in [2.75, 3.05) is 20.7 Å². The van der Waals surface area contributed by atoms with Crippen molar-refractivity contribution in [3.05, 3.63) is 59.4 Å². The first-order valence-corrected chi connectivity index (χ1v) is 8.30. The zero-order chi connectivity index (χ0) is 17.4. The Morgan fingerprint density at radius 1 is 1.20 bits per heavy atom. The van der Waals surface area contributed by atoms with Gasteiger partial charge in [0.05, 0.1) is 19.7 Å². The van der Waals surface area contributed by atoms with Gasteiger partial charge >= 0.3 is 0 Å². The maximum absolute atomic E-state index is 5.14. The van der Waals surface area contributed by atoms with E-state index in [0.29, 0.717) is 13.2 Å². The van der Waals surface area contributed by atoms with Crippen LogP contribution in [0.15, 0.2) is 47.6 Å². The lowest BCUT2D eigenvalue weighted by Gasteiger charge is -2.22. The fourth-order valence-electron chi connectivity index (χ4n) is 2.52. The molecule has 1 aromatic heterocycles. The molecule has 6 heteroatoms. The predicted octanol–water partition coefficient (Wildman–Crippen LogP) is 3.39. The molecule has 1 N–H and O–H groups in total. The molecule has 0 fully saturated rings. The fraction of sp³-hybridized carbons (Fsp3) is 0.421. The number of aliphatic imine (C=N–C) groups is 1. The molecular weight excluding hydrogens is 427 g/mol. The monoisotopic (exact) mass is 456 g/mol. The number of rotatable bonds is 7. The highest BCUT2D eigenvalue weighted by atomic mass is 127. The average Bonchev–Trinajstić information content (AvgIpc) is 2.98. The van der Waals surface area contributed by atoms with Gasteiger partial charge in [-0.1, -0.05) is 24.3 Å². The lowest BCUT2D eigenvalue weighted by Crippen LogP contribution is -2.38. The van der Waals surface area contributed by atoms with Crippen molar-refractivity contribution in [3.8, 4) is 0 Å². The van der Waals surface area contributed by atoms with Gasteiger partial charge in [0.25, 0.3) is 0 Å². The zero-order valence-corrected chi connectivity index (χ0v) is 17.9. The van der Waals surface area contributed by atoms with Gasteiger partial charge in [-0.25, -0.2) is 4.99 Å². The molecule has 1 aromatic carbocycles. The van der Waals surface area contributed by atoms with Crippen molar-refractivity contribution in [3.63, 3.8) is 0 Å². The third-order valence-corrected chi connectivity index (χ3v) is 3.89. The molecule has 1 heterocycles.